The van der Waals surface area contributed by atoms with Crippen molar-refractivity contribution >= 4 is 11.4 Å². The van der Waals surface area contributed by atoms with Crippen LogP contribution < -0.4 is 11.1 Å². The number of benzene rings is 1. The molecule has 2 rings (SSSR count). The first-order valence-electron chi connectivity index (χ1n) is 6.41. The Bertz CT molecular complexity index is 476. The average Bonchev–Trinajstić information content (AvgIpc) is 2.36. The van der Waals surface area contributed by atoms with Gasteiger partial charge in [0.15, 0.2) is 0 Å². The van der Waals surface area contributed by atoms with Gasteiger partial charge < -0.3 is 15.8 Å². The molecule has 0 heterocycles. The minimum Gasteiger partial charge on any atom is -0.378 e. The van der Waals surface area contributed by atoms with Crippen molar-refractivity contribution in [2.45, 2.75) is 38.5 Å². The zero-order chi connectivity index (χ0) is 14.0. The minimum absolute atomic E-state index is 0.0612. The van der Waals surface area contributed by atoms with Crippen LogP contribution >= 0.6 is 0 Å². The fourth-order valence-electron chi connectivity index (χ4n) is 2.33. The number of ether oxygens (including phenoxy) is 1. The fraction of sp³-hybridized carbons (Fsp3) is 0.538. The van der Waals surface area contributed by atoms with Crippen LogP contribution in [-0.4, -0.2) is 29.7 Å². The maximum absolute atomic E-state index is 10.7. The van der Waals surface area contributed by atoms with E-state index < -0.39 is 4.92 Å². The summed E-state index contributed by atoms with van der Waals surface area (Å²) in [7, 11) is 0. The highest BCUT2D eigenvalue weighted by molar-refractivity contribution is 5.56. The molecule has 0 amide bonds. The summed E-state index contributed by atoms with van der Waals surface area (Å²) in [6.07, 6.45) is 0.965. The van der Waals surface area contributed by atoms with Crippen LogP contribution in [0.4, 0.5) is 11.4 Å². The molecule has 1 fully saturated rings. The molecule has 0 aromatic heterocycles. The van der Waals surface area contributed by atoms with Gasteiger partial charge in [0.2, 0.25) is 0 Å². The third-order valence-corrected chi connectivity index (χ3v) is 3.49. The molecule has 0 saturated heterocycles. The van der Waals surface area contributed by atoms with Gasteiger partial charge in [0.1, 0.15) is 0 Å². The SMILES string of the molecule is CCOC1CC(N)C1Nc1ccc([N+](=O)[O-])cc1C. The largest absolute Gasteiger partial charge is 0.378 e. The Balaban J connectivity index is 2.08. The van der Waals surface area contributed by atoms with Crippen LogP contribution in [0.3, 0.4) is 0 Å². The van der Waals surface area contributed by atoms with Gasteiger partial charge >= 0.3 is 0 Å². The molecule has 0 spiro atoms. The van der Waals surface area contributed by atoms with E-state index in [1.807, 2.05) is 13.8 Å². The number of rotatable bonds is 5. The van der Waals surface area contributed by atoms with Gasteiger partial charge in [-0.05, 0) is 31.9 Å². The highest BCUT2D eigenvalue weighted by Crippen LogP contribution is 2.29. The van der Waals surface area contributed by atoms with Gasteiger partial charge in [-0.15, -0.1) is 0 Å². The van der Waals surface area contributed by atoms with Crippen molar-refractivity contribution in [1.82, 2.24) is 0 Å². The second kappa shape index (κ2) is 5.54. The topological polar surface area (TPSA) is 90.4 Å². The lowest BCUT2D eigenvalue weighted by molar-refractivity contribution is -0.384. The van der Waals surface area contributed by atoms with E-state index in [9.17, 15) is 10.1 Å². The van der Waals surface area contributed by atoms with Crippen molar-refractivity contribution in [3.63, 3.8) is 0 Å². The molecule has 1 saturated carbocycles. The summed E-state index contributed by atoms with van der Waals surface area (Å²) >= 11 is 0. The molecule has 104 valence electrons. The summed E-state index contributed by atoms with van der Waals surface area (Å²) in [5.74, 6) is 0. The molecule has 1 aliphatic carbocycles. The first-order chi connectivity index (χ1) is 9.02. The zero-order valence-electron chi connectivity index (χ0n) is 11.1. The van der Waals surface area contributed by atoms with Crippen molar-refractivity contribution in [3.05, 3.63) is 33.9 Å². The van der Waals surface area contributed by atoms with E-state index in [2.05, 4.69) is 5.32 Å². The standard InChI is InChI=1S/C13H19N3O3/c1-3-19-12-7-10(14)13(12)15-11-5-4-9(16(17)18)6-8(11)2/h4-6,10,12-13,15H,3,7,14H2,1-2H3. The summed E-state index contributed by atoms with van der Waals surface area (Å²) in [5, 5.41) is 14.0. The maximum atomic E-state index is 10.7. The van der Waals surface area contributed by atoms with Gasteiger partial charge in [0.05, 0.1) is 17.1 Å². The molecule has 19 heavy (non-hydrogen) atoms. The zero-order valence-corrected chi connectivity index (χ0v) is 11.1. The van der Waals surface area contributed by atoms with E-state index >= 15 is 0 Å². The molecule has 1 aromatic rings. The Hall–Kier alpha value is -1.66. The van der Waals surface area contributed by atoms with Crippen LogP contribution in [-0.2, 0) is 4.74 Å². The smallest absolute Gasteiger partial charge is 0.269 e. The van der Waals surface area contributed by atoms with Crippen molar-refractivity contribution in [2.75, 3.05) is 11.9 Å². The molecule has 0 aliphatic heterocycles. The molecule has 6 nitrogen and oxygen atoms in total. The quantitative estimate of drug-likeness (QED) is 0.626. The Morgan fingerprint density at radius 3 is 2.84 bits per heavy atom. The molecule has 1 aliphatic rings. The van der Waals surface area contributed by atoms with E-state index in [1.54, 1.807) is 12.1 Å². The highest BCUT2D eigenvalue weighted by Gasteiger charge is 2.39. The van der Waals surface area contributed by atoms with Crippen LogP contribution in [0.2, 0.25) is 0 Å². The summed E-state index contributed by atoms with van der Waals surface area (Å²) in [5.41, 5.74) is 7.78. The number of hydrogen-bond acceptors (Lipinski definition) is 5. The second-order valence-corrected chi connectivity index (χ2v) is 4.82. The Kier molecular flexibility index (Phi) is 4.01. The number of nitro groups is 1. The van der Waals surface area contributed by atoms with E-state index in [0.29, 0.717) is 6.61 Å². The number of non-ortho nitro benzene ring substituents is 1. The molecule has 0 radical (unpaired) electrons. The maximum Gasteiger partial charge on any atom is 0.269 e. The van der Waals surface area contributed by atoms with Crippen LogP contribution in [0, 0.1) is 17.0 Å². The van der Waals surface area contributed by atoms with Gasteiger partial charge in [-0.2, -0.15) is 0 Å². The van der Waals surface area contributed by atoms with Crippen molar-refractivity contribution in [3.8, 4) is 0 Å². The lowest BCUT2D eigenvalue weighted by atomic mass is 9.83. The van der Waals surface area contributed by atoms with Crippen LogP contribution in [0.25, 0.3) is 0 Å². The van der Waals surface area contributed by atoms with Crippen LogP contribution in [0.15, 0.2) is 18.2 Å². The lowest BCUT2D eigenvalue weighted by Gasteiger charge is -2.43. The Morgan fingerprint density at radius 2 is 2.32 bits per heavy atom. The molecule has 3 atom stereocenters. The second-order valence-electron chi connectivity index (χ2n) is 4.82. The Morgan fingerprint density at radius 1 is 1.58 bits per heavy atom. The summed E-state index contributed by atoms with van der Waals surface area (Å²) < 4.78 is 5.58. The lowest BCUT2D eigenvalue weighted by Crippen LogP contribution is -2.60. The molecular formula is C13H19N3O3. The fourth-order valence-corrected chi connectivity index (χ4v) is 2.33. The van der Waals surface area contributed by atoms with E-state index in [4.69, 9.17) is 10.5 Å². The molecule has 6 heteroatoms. The number of nitrogens with two attached hydrogens (primary N) is 1. The number of nitro benzene ring substituents is 1. The molecule has 0 bridgehead atoms. The third-order valence-electron chi connectivity index (χ3n) is 3.49. The van der Waals surface area contributed by atoms with Crippen molar-refractivity contribution in [2.24, 2.45) is 5.73 Å². The predicted octanol–water partition coefficient (Wildman–Crippen LogP) is 1.82. The first kappa shape index (κ1) is 13.8. The number of hydrogen-bond donors (Lipinski definition) is 2. The minimum atomic E-state index is -0.394. The molecule has 3 N–H and O–H groups in total. The number of nitrogens with one attached hydrogen (secondary N) is 1. The van der Waals surface area contributed by atoms with E-state index in [1.165, 1.54) is 6.07 Å². The molecule has 3 unspecified atom stereocenters. The summed E-state index contributed by atoms with van der Waals surface area (Å²) in [4.78, 5) is 10.3. The van der Waals surface area contributed by atoms with Crippen molar-refractivity contribution in [1.29, 1.82) is 0 Å². The number of anilines is 1. The summed E-state index contributed by atoms with van der Waals surface area (Å²) in [6.45, 7) is 4.46. The van der Waals surface area contributed by atoms with Gasteiger partial charge in [0, 0.05) is 30.5 Å². The van der Waals surface area contributed by atoms with Crippen LogP contribution in [0.1, 0.15) is 18.9 Å². The summed E-state index contributed by atoms with van der Waals surface area (Å²) in [6, 6.07) is 4.91. The average molecular weight is 265 g/mol. The number of aryl methyl sites for hydroxylation is 1. The normalized spacial score (nSPS) is 25.7. The van der Waals surface area contributed by atoms with Crippen molar-refractivity contribution < 1.29 is 9.66 Å². The predicted molar refractivity (Wildman–Crippen MR) is 73.3 cm³/mol. The van der Waals surface area contributed by atoms with Crippen LogP contribution in [0.5, 0.6) is 0 Å². The molecule has 1 aromatic carbocycles. The third kappa shape index (κ3) is 2.85. The van der Waals surface area contributed by atoms with Gasteiger partial charge in [-0.1, -0.05) is 0 Å². The van der Waals surface area contributed by atoms with Gasteiger partial charge in [-0.3, -0.25) is 10.1 Å². The van der Waals surface area contributed by atoms with E-state index in [-0.39, 0.29) is 23.9 Å². The Labute approximate surface area is 112 Å². The van der Waals surface area contributed by atoms with Gasteiger partial charge in [0.25, 0.3) is 5.69 Å². The van der Waals surface area contributed by atoms with Gasteiger partial charge in [-0.25, -0.2) is 0 Å². The first-order valence-corrected chi connectivity index (χ1v) is 6.41. The molecular weight excluding hydrogens is 246 g/mol. The van der Waals surface area contributed by atoms with E-state index in [0.717, 1.165) is 17.7 Å². The highest BCUT2D eigenvalue weighted by atomic mass is 16.6. The monoisotopic (exact) mass is 265 g/mol. The number of nitrogens with zero attached hydrogens (tertiary/aromatic N) is 1.